The number of rotatable bonds is 3. The minimum Gasteiger partial charge on any atom is -0.396 e. The third kappa shape index (κ3) is 3.30. The van der Waals surface area contributed by atoms with Crippen molar-refractivity contribution in [1.82, 2.24) is 5.32 Å². The first-order chi connectivity index (χ1) is 8.98. The van der Waals surface area contributed by atoms with E-state index in [4.69, 9.17) is 28.9 Å². The van der Waals surface area contributed by atoms with Gasteiger partial charge in [-0.15, -0.1) is 0 Å². The summed E-state index contributed by atoms with van der Waals surface area (Å²) in [6.45, 7) is 1.44. The second-order valence-electron chi connectivity index (χ2n) is 4.74. The van der Waals surface area contributed by atoms with Crippen LogP contribution < -0.4 is 11.1 Å². The SMILES string of the molecule is CC(C)(C(=O)NCc1ccc(Cl)c(N)c1Cl)C(F)(F)F. The van der Waals surface area contributed by atoms with E-state index < -0.39 is 17.5 Å². The Morgan fingerprint density at radius 2 is 1.85 bits per heavy atom. The number of nitrogens with one attached hydrogen (secondary N) is 1. The van der Waals surface area contributed by atoms with Crippen molar-refractivity contribution in [2.24, 2.45) is 5.41 Å². The van der Waals surface area contributed by atoms with Crippen molar-refractivity contribution < 1.29 is 18.0 Å². The molecular formula is C12H13Cl2F3N2O. The lowest BCUT2D eigenvalue weighted by molar-refractivity contribution is -0.211. The summed E-state index contributed by atoms with van der Waals surface area (Å²) in [5.41, 5.74) is 3.61. The molecule has 3 nitrogen and oxygen atoms in total. The van der Waals surface area contributed by atoms with Crippen LogP contribution in [0.4, 0.5) is 18.9 Å². The van der Waals surface area contributed by atoms with E-state index in [-0.39, 0.29) is 22.3 Å². The van der Waals surface area contributed by atoms with Gasteiger partial charge in [-0.1, -0.05) is 29.3 Å². The molecule has 0 spiro atoms. The van der Waals surface area contributed by atoms with Gasteiger partial charge in [0, 0.05) is 6.54 Å². The molecule has 112 valence electrons. The maximum absolute atomic E-state index is 12.7. The summed E-state index contributed by atoms with van der Waals surface area (Å²) in [6.07, 6.45) is -4.64. The smallest absolute Gasteiger partial charge is 0.396 e. The molecule has 3 N–H and O–H groups in total. The van der Waals surface area contributed by atoms with Crippen LogP contribution in [0.1, 0.15) is 19.4 Å². The summed E-state index contributed by atoms with van der Waals surface area (Å²) < 4.78 is 38.0. The normalized spacial score (nSPS) is 12.3. The second kappa shape index (κ2) is 5.69. The maximum Gasteiger partial charge on any atom is 0.402 e. The lowest BCUT2D eigenvalue weighted by atomic mass is 9.91. The zero-order valence-electron chi connectivity index (χ0n) is 10.7. The van der Waals surface area contributed by atoms with Gasteiger partial charge in [-0.2, -0.15) is 13.2 Å². The Balaban J connectivity index is 2.84. The van der Waals surface area contributed by atoms with E-state index >= 15 is 0 Å². The number of anilines is 1. The van der Waals surface area contributed by atoms with Crippen molar-refractivity contribution in [3.05, 3.63) is 27.7 Å². The minimum atomic E-state index is -4.64. The average Bonchev–Trinajstić information content (AvgIpc) is 2.33. The van der Waals surface area contributed by atoms with Gasteiger partial charge in [0.25, 0.3) is 0 Å². The summed E-state index contributed by atoms with van der Waals surface area (Å²) in [5, 5.41) is 2.54. The van der Waals surface area contributed by atoms with E-state index in [2.05, 4.69) is 5.32 Å². The van der Waals surface area contributed by atoms with Crippen LogP contribution in [0.25, 0.3) is 0 Å². The number of nitrogens with two attached hydrogens (primary N) is 1. The van der Waals surface area contributed by atoms with Gasteiger partial charge in [0.1, 0.15) is 5.41 Å². The van der Waals surface area contributed by atoms with Crippen LogP contribution in [0.3, 0.4) is 0 Å². The maximum atomic E-state index is 12.7. The van der Waals surface area contributed by atoms with Gasteiger partial charge in [0.05, 0.1) is 15.7 Å². The standard InChI is InChI=1S/C12H13Cl2F3N2O/c1-11(2,12(15,16)17)10(20)19-5-6-3-4-7(13)9(18)8(6)14/h3-4H,5,18H2,1-2H3,(H,19,20). The number of nitrogen functional groups attached to an aromatic ring is 1. The predicted octanol–water partition coefficient (Wildman–Crippen LogP) is 3.78. The molecule has 8 heteroatoms. The van der Waals surface area contributed by atoms with Gasteiger partial charge in [0.15, 0.2) is 0 Å². The van der Waals surface area contributed by atoms with Gasteiger partial charge in [0.2, 0.25) is 5.91 Å². The van der Waals surface area contributed by atoms with Crippen LogP contribution in [0, 0.1) is 5.41 Å². The van der Waals surface area contributed by atoms with Gasteiger partial charge in [-0.25, -0.2) is 0 Å². The summed E-state index contributed by atoms with van der Waals surface area (Å²) in [4.78, 5) is 11.6. The van der Waals surface area contributed by atoms with E-state index in [0.29, 0.717) is 5.56 Å². The quantitative estimate of drug-likeness (QED) is 0.829. The minimum absolute atomic E-state index is 0.114. The van der Waals surface area contributed by atoms with Crippen LogP contribution >= 0.6 is 23.2 Å². The molecule has 0 aliphatic rings. The molecule has 1 rings (SSSR count). The molecule has 0 aliphatic carbocycles. The van der Waals surface area contributed by atoms with Crippen molar-refractivity contribution in [3.8, 4) is 0 Å². The first-order valence-corrected chi connectivity index (χ1v) is 6.31. The molecule has 0 radical (unpaired) electrons. The fraction of sp³-hybridized carbons (Fsp3) is 0.417. The molecule has 20 heavy (non-hydrogen) atoms. The Hall–Kier alpha value is -1.14. The highest BCUT2D eigenvalue weighted by molar-refractivity contribution is 6.39. The lowest BCUT2D eigenvalue weighted by Crippen LogP contribution is -2.46. The van der Waals surface area contributed by atoms with Gasteiger partial charge in [-0.3, -0.25) is 4.79 Å². The van der Waals surface area contributed by atoms with Crippen LogP contribution in [-0.2, 0) is 11.3 Å². The topological polar surface area (TPSA) is 55.1 Å². The van der Waals surface area contributed by atoms with Crippen LogP contribution in [-0.4, -0.2) is 12.1 Å². The van der Waals surface area contributed by atoms with E-state index in [1.807, 2.05) is 0 Å². The Bertz CT molecular complexity index is 530. The Morgan fingerprint density at radius 1 is 1.30 bits per heavy atom. The van der Waals surface area contributed by atoms with E-state index in [1.165, 1.54) is 12.1 Å². The molecule has 1 aromatic rings. The second-order valence-corrected chi connectivity index (χ2v) is 5.52. The number of hydrogen-bond acceptors (Lipinski definition) is 2. The molecule has 0 fully saturated rings. The number of carbonyl (C=O) groups is 1. The average molecular weight is 329 g/mol. The number of carbonyl (C=O) groups excluding carboxylic acids is 1. The highest BCUT2D eigenvalue weighted by Gasteiger charge is 2.52. The summed E-state index contributed by atoms with van der Waals surface area (Å²) in [6, 6.07) is 2.95. The van der Waals surface area contributed by atoms with Crippen LogP contribution in [0.15, 0.2) is 12.1 Å². The molecule has 1 aromatic carbocycles. The van der Waals surface area contributed by atoms with Crippen molar-refractivity contribution in [2.75, 3.05) is 5.73 Å². The van der Waals surface area contributed by atoms with E-state index in [1.54, 1.807) is 0 Å². The number of hydrogen-bond donors (Lipinski definition) is 2. The molecule has 0 unspecified atom stereocenters. The van der Waals surface area contributed by atoms with Gasteiger partial charge < -0.3 is 11.1 Å². The van der Waals surface area contributed by atoms with E-state index in [9.17, 15) is 18.0 Å². The molecule has 0 bridgehead atoms. The summed E-state index contributed by atoms with van der Waals surface area (Å²) >= 11 is 11.6. The Morgan fingerprint density at radius 3 is 2.35 bits per heavy atom. The Labute approximate surface area is 124 Å². The van der Waals surface area contributed by atoms with Gasteiger partial charge >= 0.3 is 6.18 Å². The molecule has 0 aromatic heterocycles. The molecule has 1 amide bonds. The molecular weight excluding hydrogens is 316 g/mol. The van der Waals surface area contributed by atoms with Crippen molar-refractivity contribution in [1.29, 1.82) is 0 Å². The number of halogens is 5. The molecule has 0 aliphatic heterocycles. The summed E-state index contributed by atoms with van der Waals surface area (Å²) in [5.74, 6) is -1.14. The van der Waals surface area contributed by atoms with Crippen molar-refractivity contribution >= 4 is 34.8 Å². The van der Waals surface area contributed by atoms with Crippen molar-refractivity contribution in [3.63, 3.8) is 0 Å². The predicted molar refractivity (Wildman–Crippen MR) is 72.6 cm³/mol. The number of benzene rings is 1. The third-order valence-electron chi connectivity index (χ3n) is 2.92. The number of amides is 1. The first kappa shape index (κ1) is 16.9. The third-order valence-corrected chi connectivity index (χ3v) is 3.70. The zero-order chi connectivity index (χ0) is 15.7. The highest BCUT2D eigenvalue weighted by Crippen LogP contribution is 2.37. The molecule has 0 saturated heterocycles. The van der Waals surface area contributed by atoms with Crippen LogP contribution in [0.2, 0.25) is 10.0 Å². The fourth-order valence-electron chi connectivity index (χ4n) is 1.28. The fourth-order valence-corrected chi connectivity index (χ4v) is 1.71. The largest absolute Gasteiger partial charge is 0.402 e. The summed E-state index contributed by atoms with van der Waals surface area (Å²) in [7, 11) is 0. The van der Waals surface area contributed by atoms with Crippen molar-refractivity contribution in [2.45, 2.75) is 26.6 Å². The zero-order valence-corrected chi connectivity index (χ0v) is 12.2. The van der Waals surface area contributed by atoms with Gasteiger partial charge in [-0.05, 0) is 25.5 Å². The highest BCUT2D eigenvalue weighted by atomic mass is 35.5. The van der Waals surface area contributed by atoms with Crippen LogP contribution in [0.5, 0.6) is 0 Å². The molecule has 0 saturated carbocycles. The lowest BCUT2D eigenvalue weighted by Gasteiger charge is -2.26. The molecule has 0 heterocycles. The molecule has 0 atom stereocenters. The Kier molecular flexibility index (Phi) is 4.82. The van der Waals surface area contributed by atoms with E-state index in [0.717, 1.165) is 13.8 Å². The number of alkyl halides is 3. The monoisotopic (exact) mass is 328 g/mol. The first-order valence-electron chi connectivity index (χ1n) is 5.56.